The highest BCUT2D eigenvalue weighted by atomic mass is 35.5. The second kappa shape index (κ2) is 5.78. The summed E-state index contributed by atoms with van der Waals surface area (Å²) < 4.78 is 0. The van der Waals surface area contributed by atoms with Crippen molar-refractivity contribution < 1.29 is 4.92 Å². The molecule has 1 heterocycles. The van der Waals surface area contributed by atoms with Gasteiger partial charge in [-0.15, -0.1) is 11.6 Å². The van der Waals surface area contributed by atoms with Crippen molar-refractivity contribution in [3.8, 4) is 0 Å². The van der Waals surface area contributed by atoms with Crippen LogP contribution in [0.25, 0.3) is 0 Å². The average Bonchev–Trinajstić information content (AvgIpc) is 2.87. The van der Waals surface area contributed by atoms with Crippen LogP contribution >= 0.6 is 11.6 Å². The number of halogens is 1. The van der Waals surface area contributed by atoms with Crippen molar-refractivity contribution in [3.63, 3.8) is 0 Å². The molecule has 1 aromatic carbocycles. The van der Waals surface area contributed by atoms with Gasteiger partial charge >= 0.3 is 0 Å². The summed E-state index contributed by atoms with van der Waals surface area (Å²) in [5.74, 6) is 0.874. The van der Waals surface area contributed by atoms with E-state index in [1.165, 1.54) is 12.8 Å². The molecule has 0 N–H and O–H groups in total. The molecule has 19 heavy (non-hydrogen) atoms. The second-order valence-corrected chi connectivity index (χ2v) is 5.62. The lowest BCUT2D eigenvalue weighted by atomic mass is 10.0. The Hall–Kier alpha value is -1.29. The summed E-state index contributed by atoms with van der Waals surface area (Å²) in [6.07, 6.45) is 2.35. The van der Waals surface area contributed by atoms with Crippen molar-refractivity contribution in [1.82, 2.24) is 0 Å². The van der Waals surface area contributed by atoms with Gasteiger partial charge in [-0.3, -0.25) is 10.1 Å². The van der Waals surface area contributed by atoms with E-state index >= 15 is 0 Å². The predicted octanol–water partition coefficient (Wildman–Crippen LogP) is 3.96. The third-order valence-corrected chi connectivity index (χ3v) is 4.08. The molecule has 4 nitrogen and oxygen atoms in total. The van der Waals surface area contributed by atoms with E-state index in [-0.39, 0.29) is 10.6 Å². The van der Waals surface area contributed by atoms with E-state index in [1.54, 1.807) is 12.1 Å². The fourth-order valence-electron chi connectivity index (χ4n) is 2.86. The zero-order valence-electron chi connectivity index (χ0n) is 11.3. The lowest BCUT2D eigenvalue weighted by Gasteiger charge is -2.31. The highest BCUT2D eigenvalue weighted by molar-refractivity contribution is 6.17. The van der Waals surface area contributed by atoms with Crippen LogP contribution in [0.4, 0.5) is 11.4 Å². The zero-order valence-corrected chi connectivity index (χ0v) is 12.1. The fourth-order valence-corrected chi connectivity index (χ4v) is 3.07. The van der Waals surface area contributed by atoms with Gasteiger partial charge in [0.25, 0.3) is 5.69 Å². The van der Waals surface area contributed by atoms with Crippen LogP contribution in [0.1, 0.15) is 32.3 Å². The number of hydrogen-bond donors (Lipinski definition) is 0. The Morgan fingerprint density at radius 2 is 2.26 bits per heavy atom. The fraction of sp³-hybridized carbons (Fsp3) is 0.571. The van der Waals surface area contributed by atoms with Crippen LogP contribution < -0.4 is 4.90 Å². The van der Waals surface area contributed by atoms with Gasteiger partial charge in [-0.2, -0.15) is 0 Å². The highest BCUT2D eigenvalue weighted by Crippen LogP contribution is 2.34. The molecule has 0 amide bonds. The zero-order chi connectivity index (χ0) is 14.0. The molecule has 0 spiro atoms. The van der Waals surface area contributed by atoms with Crippen molar-refractivity contribution >= 4 is 23.0 Å². The summed E-state index contributed by atoms with van der Waals surface area (Å²) in [5.41, 5.74) is 2.01. The maximum absolute atomic E-state index is 10.8. The summed E-state index contributed by atoms with van der Waals surface area (Å²) in [6, 6.07) is 5.51. The highest BCUT2D eigenvalue weighted by Gasteiger charge is 2.29. The SMILES string of the molecule is CC(C)C1CCCN1c1ccc([N+](=O)[O-])cc1CCl. The van der Waals surface area contributed by atoms with E-state index in [1.807, 2.05) is 6.07 Å². The number of alkyl halides is 1. The number of nitro groups is 1. The molecule has 1 unspecified atom stereocenters. The molecule has 1 aliphatic rings. The number of nitrogens with zero attached hydrogens (tertiary/aromatic N) is 2. The van der Waals surface area contributed by atoms with Gasteiger partial charge in [0.15, 0.2) is 0 Å². The van der Waals surface area contributed by atoms with Gasteiger partial charge < -0.3 is 4.90 Å². The first-order valence-electron chi connectivity index (χ1n) is 6.64. The number of benzene rings is 1. The van der Waals surface area contributed by atoms with Crippen LogP contribution in [0.15, 0.2) is 18.2 Å². The molecule has 0 aliphatic carbocycles. The van der Waals surface area contributed by atoms with Crippen molar-refractivity contribution in [2.45, 2.75) is 38.6 Å². The molecule has 104 valence electrons. The minimum absolute atomic E-state index is 0.111. The third kappa shape index (κ3) is 2.84. The molecule has 1 fully saturated rings. The molecule has 2 rings (SSSR count). The summed E-state index contributed by atoms with van der Waals surface area (Å²) in [4.78, 5) is 12.8. The minimum Gasteiger partial charge on any atom is -0.368 e. The largest absolute Gasteiger partial charge is 0.368 e. The monoisotopic (exact) mass is 282 g/mol. The normalized spacial score (nSPS) is 19.2. The van der Waals surface area contributed by atoms with E-state index < -0.39 is 0 Å². The molecule has 1 atom stereocenters. The van der Waals surface area contributed by atoms with E-state index in [0.29, 0.717) is 17.8 Å². The van der Waals surface area contributed by atoms with Gasteiger partial charge in [-0.05, 0) is 30.4 Å². The molecule has 1 aliphatic heterocycles. The van der Waals surface area contributed by atoms with Crippen LogP contribution in [0.5, 0.6) is 0 Å². The van der Waals surface area contributed by atoms with E-state index in [4.69, 9.17) is 11.6 Å². The van der Waals surface area contributed by atoms with E-state index in [9.17, 15) is 10.1 Å². The van der Waals surface area contributed by atoms with Crippen molar-refractivity contribution in [3.05, 3.63) is 33.9 Å². The van der Waals surface area contributed by atoms with Crippen LogP contribution in [-0.4, -0.2) is 17.5 Å². The summed E-state index contributed by atoms with van der Waals surface area (Å²) >= 11 is 5.97. The van der Waals surface area contributed by atoms with Gasteiger partial charge in [0.2, 0.25) is 0 Å². The maximum Gasteiger partial charge on any atom is 0.269 e. The Morgan fingerprint density at radius 3 is 2.84 bits per heavy atom. The van der Waals surface area contributed by atoms with Gasteiger partial charge in [-0.1, -0.05) is 13.8 Å². The second-order valence-electron chi connectivity index (χ2n) is 5.35. The van der Waals surface area contributed by atoms with Gasteiger partial charge in [0, 0.05) is 36.3 Å². The summed E-state index contributed by atoms with van der Waals surface area (Å²) in [7, 11) is 0. The molecular weight excluding hydrogens is 264 g/mol. The first-order chi connectivity index (χ1) is 9.04. The lowest BCUT2D eigenvalue weighted by molar-refractivity contribution is -0.384. The van der Waals surface area contributed by atoms with Gasteiger partial charge in [0.1, 0.15) is 0 Å². The Bertz CT molecular complexity index is 477. The Morgan fingerprint density at radius 1 is 1.53 bits per heavy atom. The quantitative estimate of drug-likeness (QED) is 0.477. The third-order valence-electron chi connectivity index (χ3n) is 3.80. The van der Waals surface area contributed by atoms with Crippen LogP contribution in [0.3, 0.4) is 0 Å². The number of hydrogen-bond acceptors (Lipinski definition) is 3. The first kappa shape index (κ1) is 14.1. The predicted molar refractivity (Wildman–Crippen MR) is 77.9 cm³/mol. The Balaban J connectivity index is 2.36. The lowest BCUT2D eigenvalue weighted by Crippen LogP contribution is -2.33. The molecule has 0 aromatic heterocycles. The van der Waals surface area contributed by atoms with Crippen LogP contribution in [-0.2, 0) is 5.88 Å². The molecule has 1 saturated heterocycles. The van der Waals surface area contributed by atoms with Crippen molar-refractivity contribution in [2.75, 3.05) is 11.4 Å². The standard InChI is InChI=1S/C14H19ClN2O2/c1-10(2)13-4-3-7-16(13)14-6-5-12(17(18)19)8-11(14)9-15/h5-6,8,10,13H,3-4,7,9H2,1-2H3. The maximum atomic E-state index is 10.8. The number of rotatable bonds is 4. The molecule has 0 radical (unpaired) electrons. The molecule has 0 bridgehead atoms. The minimum atomic E-state index is -0.371. The van der Waals surface area contributed by atoms with Crippen molar-refractivity contribution in [2.24, 2.45) is 5.92 Å². The molecule has 5 heteroatoms. The van der Waals surface area contributed by atoms with E-state index in [0.717, 1.165) is 17.8 Å². The average molecular weight is 283 g/mol. The molecule has 1 aromatic rings. The van der Waals surface area contributed by atoms with E-state index in [2.05, 4.69) is 18.7 Å². The number of nitro benzene ring substituents is 1. The first-order valence-corrected chi connectivity index (χ1v) is 7.18. The molecular formula is C14H19ClN2O2. The smallest absolute Gasteiger partial charge is 0.269 e. The summed E-state index contributed by atoms with van der Waals surface area (Å²) in [5, 5.41) is 10.8. The topological polar surface area (TPSA) is 46.4 Å². The summed E-state index contributed by atoms with van der Waals surface area (Å²) in [6.45, 7) is 5.44. The number of anilines is 1. The Kier molecular flexibility index (Phi) is 4.30. The Labute approximate surface area is 118 Å². The van der Waals surface area contributed by atoms with Crippen LogP contribution in [0, 0.1) is 16.0 Å². The van der Waals surface area contributed by atoms with Crippen LogP contribution in [0.2, 0.25) is 0 Å². The number of non-ortho nitro benzene ring substituents is 1. The molecule has 0 saturated carbocycles. The van der Waals surface area contributed by atoms with Gasteiger partial charge in [-0.25, -0.2) is 0 Å². The van der Waals surface area contributed by atoms with Crippen molar-refractivity contribution in [1.29, 1.82) is 0 Å². The van der Waals surface area contributed by atoms with Gasteiger partial charge in [0.05, 0.1) is 4.92 Å².